The summed E-state index contributed by atoms with van der Waals surface area (Å²) < 4.78 is 12.9. The summed E-state index contributed by atoms with van der Waals surface area (Å²) in [7, 11) is 3.47. The Morgan fingerprint density at radius 2 is 2.09 bits per heavy atom. The molecule has 0 N–H and O–H groups in total. The van der Waals surface area contributed by atoms with Gasteiger partial charge >= 0.3 is 0 Å². The molecular weight excluding hydrogens is 446 g/mol. The smallest absolute Gasteiger partial charge is 0.261 e. The Morgan fingerprint density at radius 1 is 1.21 bits per heavy atom. The Morgan fingerprint density at radius 3 is 2.79 bits per heavy atom. The van der Waals surface area contributed by atoms with Crippen molar-refractivity contribution in [2.24, 2.45) is 17.1 Å². The van der Waals surface area contributed by atoms with Gasteiger partial charge in [0.2, 0.25) is 11.7 Å². The lowest BCUT2D eigenvalue weighted by Gasteiger charge is -2.11. The largest absolute Gasteiger partial charge is 0.471 e. The highest BCUT2D eigenvalue weighted by molar-refractivity contribution is 6.30. The fourth-order valence-electron chi connectivity index (χ4n) is 2.94. The van der Waals surface area contributed by atoms with Crippen LogP contribution in [0.3, 0.4) is 0 Å². The summed E-state index contributed by atoms with van der Waals surface area (Å²) in [6.45, 7) is 4.22. The molecule has 4 aromatic rings. The van der Waals surface area contributed by atoms with Gasteiger partial charge in [-0.15, -0.1) is 0 Å². The van der Waals surface area contributed by atoms with Crippen molar-refractivity contribution in [3.63, 3.8) is 0 Å². The van der Waals surface area contributed by atoms with E-state index < -0.39 is 0 Å². The summed E-state index contributed by atoms with van der Waals surface area (Å²) in [5.41, 5.74) is 2.91. The van der Waals surface area contributed by atoms with Gasteiger partial charge in [-0.3, -0.25) is 19.7 Å². The van der Waals surface area contributed by atoms with E-state index in [0.29, 0.717) is 40.4 Å². The third-order valence-corrected chi connectivity index (χ3v) is 4.83. The van der Waals surface area contributed by atoms with E-state index in [-0.39, 0.29) is 6.61 Å². The molecule has 4 aromatic heterocycles. The molecule has 0 saturated carbocycles. The van der Waals surface area contributed by atoms with E-state index in [0.717, 1.165) is 11.3 Å². The summed E-state index contributed by atoms with van der Waals surface area (Å²) in [4.78, 5) is 17.0. The van der Waals surface area contributed by atoms with E-state index >= 15 is 0 Å². The Labute approximate surface area is 194 Å². The molecule has 0 fully saturated rings. The highest BCUT2D eigenvalue weighted by Crippen LogP contribution is 2.25. The Bertz CT molecular complexity index is 1250. The van der Waals surface area contributed by atoms with Crippen LogP contribution in [0.15, 0.2) is 57.5 Å². The third kappa shape index (κ3) is 5.21. The predicted octanol–water partition coefficient (Wildman–Crippen LogP) is 3.24. The molecule has 33 heavy (non-hydrogen) atoms. The van der Waals surface area contributed by atoms with Gasteiger partial charge in [-0.25, -0.2) is 4.98 Å². The maximum Gasteiger partial charge on any atom is 0.261 e. The zero-order chi connectivity index (χ0) is 23.2. The molecule has 0 aliphatic rings. The lowest BCUT2D eigenvalue weighted by atomic mass is 10.2. The number of hydrogen-bond donors (Lipinski definition) is 0. The summed E-state index contributed by atoms with van der Waals surface area (Å²) in [5.74, 6) is 1.12. The third-order valence-electron chi connectivity index (χ3n) is 4.60. The summed E-state index contributed by atoms with van der Waals surface area (Å²) >= 11 is 5.87. The standard InChI is InChI=1S/C21H20ClN9O2/c1-23-13-31(24-2)11-14-4-6-17(25-8-14)20-28-21(33-29-20)16-10-27-30(3)18(16)12-32-19-7-5-15(22)9-26-19/h4-10,13H,2,11-12H2,1,3H3. The summed E-state index contributed by atoms with van der Waals surface area (Å²) in [6.07, 6.45) is 6.47. The lowest BCUT2D eigenvalue weighted by Crippen LogP contribution is -2.14. The fourth-order valence-corrected chi connectivity index (χ4v) is 3.05. The number of aromatic nitrogens is 6. The topological polar surface area (TPSA) is 120 Å². The number of nitrogens with zero attached hydrogens (tertiary/aromatic N) is 9. The second-order valence-corrected chi connectivity index (χ2v) is 7.26. The molecule has 0 aliphatic heterocycles. The van der Waals surface area contributed by atoms with Crippen molar-refractivity contribution in [1.82, 2.24) is 34.9 Å². The number of rotatable bonds is 9. The zero-order valence-electron chi connectivity index (χ0n) is 18.0. The molecule has 0 amide bonds. The number of halogens is 1. The molecule has 0 unspecified atom stereocenters. The first-order valence-corrected chi connectivity index (χ1v) is 10.2. The maximum atomic E-state index is 5.87. The maximum absolute atomic E-state index is 5.87. The first-order chi connectivity index (χ1) is 16.1. The van der Waals surface area contributed by atoms with Crippen LogP contribution in [0.5, 0.6) is 5.88 Å². The highest BCUT2D eigenvalue weighted by Gasteiger charge is 2.19. The molecule has 0 radical (unpaired) electrons. The first-order valence-electron chi connectivity index (χ1n) is 9.77. The van der Waals surface area contributed by atoms with E-state index in [1.165, 1.54) is 6.20 Å². The van der Waals surface area contributed by atoms with E-state index in [1.807, 2.05) is 12.1 Å². The predicted molar refractivity (Wildman–Crippen MR) is 123 cm³/mol. The second kappa shape index (κ2) is 10.0. The van der Waals surface area contributed by atoms with Gasteiger partial charge in [-0.1, -0.05) is 22.8 Å². The Balaban J connectivity index is 1.49. The SMILES string of the molecule is C=NN(C=NC)Cc1ccc(-c2noc(-c3cnn(C)c3COc3ccc(Cl)cn3)n2)nc1. The van der Waals surface area contributed by atoms with Gasteiger partial charge in [-0.05, 0) is 17.7 Å². The normalized spacial score (nSPS) is 11.1. The minimum absolute atomic E-state index is 0.208. The van der Waals surface area contributed by atoms with Gasteiger partial charge in [0.25, 0.3) is 5.89 Å². The number of pyridine rings is 2. The lowest BCUT2D eigenvalue weighted by molar-refractivity contribution is 0.283. The van der Waals surface area contributed by atoms with Crippen LogP contribution < -0.4 is 4.74 Å². The van der Waals surface area contributed by atoms with Crippen LogP contribution in [0.1, 0.15) is 11.3 Å². The van der Waals surface area contributed by atoms with Crippen molar-refractivity contribution in [2.45, 2.75) is 13.2 Å². The molecule has 11 nitrogen and oxygen atoms in total. The van der Waals surface area contributed by atoms with Crippen molar-refractivity contribution in [3.8, 4) is 28.9 Å². The van der Waals surface area contributed by atoms with Crippen LogP contribution in [0.25, 0.3) is 23.0 Å². The molecule has 0 atom stereocenters. The minimum atomic E-state index is 0.208. The van der Waals surface area contributed by atoms with E-state index in [4.69, 9.17) is 20.9 Å². The number of hydrazone groups is 1. The number of aryl methyl sites for hydroxylation is 1. The number of ether oxygens (including phenoxy) is 1. The molecule has 0 spiro atoms. The second-order valence-electron chi connectivity index (χ2n) is 6.82. The van der Waals surface area contributed by atoms with E-state index in [2.05, 4.69) is 42.0 Å². The van der Waals surface area contributed by atoms with Crippen LogP contribution in [-0.2, 0) is 20.2 Å². The van der Waals surface area contributed by atoms with E-state index in [9.17, 15) is 0 Å². The van der Waals surface area contributed by atoms with Gasteiger partial charge in [0.15, 0.2) is 0 Å². The van der Waals surface area contributed by atoms with Crippen LogP contribution in [0, 0.1) is 0 Å². The van der Waals surface area contributed by atoms with Crippen molar-refractivity contribution in [1.29, 1.82) is 0 Å². The Kier molecular flexibility index (Phi) is 6.69. The number of hydrogen-bond acceptors (Lipinski definition) is 9. The zero-order valence-corrected chi connectivity index (χ0v) is 18.7. The van der Waals surface area contributed by atoms with Gasteiger partial charge < -0.3 is 9.26 Å². The Hall–Kier alpha value is -4.12. The van der Waals surface area contributed by atoms with Gasteiger partial charge in [0.05, 0.1) is 29.0 Å². The monoisotopic (exact) mass is 465 g/mol. The molecule has 0 bridgehead atoms. The summed E-state index contributed by atoms with van der Waals surface area (Å²) in [6, 6.07) is 7.12. The molecule has 4 rings (SSSR count). The van der Waals surface area contributed by atoms with Gasteiger partial charge in [-0.2, -0.15) is 15.2 Å². The van der Waals surface area contributed by atoms with E-state index in [1.54, 1.807) is 54.7 Å². The molecule has 0 aromatic carbocycles. The average molecular weight is 466 g/mol. The van der Waals surface area contributed by atoms with Crippen molar-refractivity contribution in [2.75, 3.05) is 7.05 Å². The highest BCUT2D eigenvalue weighted by atomic mass is 35.5. The molecule has 4 heterocycles. The molecule has 0 saturated heterocycles. The molecule has 0 aliphatic carbocycles. The molecular formula is C21H20ClN9O2. The van der Waals surface area contributed by atoms with Crippen LogP contribution in [-0.4, -0.2) is 55.0 Å². The molecule has 168 valence electrons. The van der Waals surface area contributed by atoms with Crippen molar-refractivity contribution in [3.05, 3.63) is 59.1 Å². The minimum Gasteiger partial charge on any atom is -0.471 e. The van der Waals surface area contributed by atoms with Gasteiger partial charge in [0, 0.05) is 39.3 Å². The van der Waals surface area contributed by atoms with Gasteiger partial charge in [0.1, 0.15) is 18.6 Å². The van der Waals surface area contributed by atoms with Crippen LogP contribution >= 0.6 is 11.6 Å². The summed E-state index contributed by atoms with van der Waals surface area (Å²) in [5, 5.41) is 14.4. The van der Waals surface area contributed by atoms with Crippen molar-refractivity contribution < 1.29 is 9.26 Å². The molecule has 12 heteroatoms. The average Bonchev–Trinajstić information content (AvgIpc) is 3.46. The quantitative estimate of drug-likeness (QED) is 0.210. The van der Waals surface area contributed by atoms with Crippen LogP contribution in [0.2, 0.25) is 5.02 Å². The fraction of sp³-hybridized carbons (Fsp3) is 0.190. The van der Waals surface area contributed by atoms with Crippen molar-refractivity contribution >= 4 is 24.7 Å². The number of aliphatic imine (C=N–C) groups is 1. The first kappa shape index (κ1) is 22.1. The van der Waals surface area contributed by atoms with Crippen LogP contribution in [0.4, 0.5) is 0 Å².